The monoisotopic (exact) mass is 176 g/mol. The van der Waals surface area contributed by atoms with Crippen molar-refractivity contribution in [1.82, 2.24) is 0 Å². The molecule has 0 aromatic heterocycles. The Balaban J connectivity index is 3.31. The topological polar surface area (TPSA) is 17.1 Å². The first-order valence-corrected chi connectivity index (χ1v) is 4.68. The summed E-state index contributed by atoms with van der Waals surface area (Å²) in [6, 6.07) is 3.99. The molecule has 0 unspecified atom stereocenters. The second-order valence-electron chi connectivity index (χ2n) is 3.43. The van der Waals surface area contributed by atoms with Crippen molar-refractivity contribution < 1.29 is 4.79 Å². The Kier molecular flexibility index (Phi) is 2.86. The fraction of sp³-hybridized carbons (Fsp3) is 0.417. The quantitative estimate of drug-likeness (QED) is 0.633. The van der Waals surface area contributed by atoms with Crippen molar-refractivity contribution in [1.29, 1.82) is 0 Å². The molecule has 0 saturated heterocycles. The molecule has 70 valence electrons. The van der Waals surface area contributed by atoms with E-state index >= 15 is 0 Å². The van der Waals surface area contributed by atoms with Gasteiger partial charge in [0.1, 0.15) is 0 Å². The van der Waals surface area contributed by atoms with Crippen molar-refractivity contribution in [2.45, 2.75) is 34.1 Å². The van der Waals surface area contributed by atoms with Crippen LogP contribution in [0.1, 0.15) is 40.9 Å². The highest BCUT2D eigenvalue weighted by molar-refractivity contribution is 5.95. The molecule has 1 heteroatoms. The predicted octanol–water partition coefficient (Wildman–Crippen LogP) is 3.07. The second-order valence-corrected chi connectivity index (χ2v) is 3.43. The van der Waals surface area contributed by atoms with E-state index in [1.165, 1.54) is 11.1 Å². The van der Waals surface area contributed by atoms with E-state index < -0.39 is 0 Å². The van der Waals surface area contributed by atoms with Crippen LogP contribution in [0.4, 0.5) is 0 Å². The number of hydrogen-bond acceptors (Lipinski definition) is 1. The molecule has 13 heavy (non-hydrogen) atoms. The SMILES string of the molecule is CCc1ccc(C(C)=O)c(C)c1C. The second kappa shape index (κ2) is 3.73. The summed E-state index contributed by atoms with van der Waals surface area (Å²) in [5, 5.41) is 0. The summed E-state index contributed by atoms with van der Waals surface area (Å²) in [6.45, 7) is 7.86. The number of hydrogen-bond donors (Lipinski definition) is 0. The number of benzene rings is 1. The van der Waals surface area contributed by atoms with Crippen molar-refractivity contribution in [3.63, 3.8) is 0 Å². The van der Waals surface area contributed by atoms with Crippen LogP contribution in [0.3, 0.4) is 0 Å². The standard InChI is InChI=1S/C12H16O/c1-5-11-6-7-12(10(4)13)9(3)8(11)2/h6-7H,5H2,1-4H3. The molecule has 0 aliphatic carbocycles. The summed E-state index contributed by atoms with van der Waals surface area (Å²) >= 11 is 0. The number of aryl methyl sites for hydroxylation is 1. The maximum Gasteiger partial charge on any atom is 0.160 e. The van der Waals surface area contributed by atoms with E-state index in [0.29, 0.717) is 0 Å². The molecule has 1 nitrogen and oxygen atoms in total. The first kappa shape index (κ1) is 9.97. The molecule has 0 radical (unpaired) electrons. The molecule has 1 aromatic rings. The fourth-order valence-corrected chi connectivity index (χ4v) is 1.64. The van der Waals surface area contributed by atoms with Gasteiger partial charge in [-0.05, 0) is 43.9 Å². The van der Waals surface area contributed by atoms with Crippen LogP contribution in [-0.2, 0) is 6.42 Å². The summed E-state index contributed by atoms with van der Waals surface area (Å²) in [5.74, 6) is 0.156. The van der Waals surface area contributed by atoms with Gasteiger partial charge in [0, 0.05) is 5.56 Å². The molecule has 0 saturated carbocycles. The Hall–Kier alpha value is -1.11. The van der Waals surface area contributed by atoms with Crippen LogP contribution in [-0.4, -0.2) is 5.78 Å². The van der Waals surface area contributed by atoms with E-state index in [0.717, 1.165) is 17.5 Å². The van der Waals surface area contributed by atoms with Gasteiger partial charge in [-0.15, -0.1) is 0 Å². The largest absolute Gasteiger partial charge is 0.295 e. The Bertz CT molecular complexity index is 337. The summed E-state index contributed by atoms with van der Waals surface area (Å²) < 4.78 is 0. The molecule has 0 amide bonds. The Morgan fingerprint density at radius 3 is 2.31 bits per heavy atom. The highest BCUT2D eigenvalue weighted by Crippen LogP contribution is 2.18. The van der Waals surface area contributed by atoms with Gasteiger partial charge in [0.25, 0.3) is 0 Å². The minimum atomic E-state index is 0.156. The van der Waals surface area contributed by atoms with Gasteiger partial charge < -0.3 is 0 Å². The van der Waals surface area contributed by atoms with E-state index in [-0.39, 0.29) is 5.78 Å². The lowest BCUT2D eigenvalue weighted by atomic mass is 9.95. The number of rotatable bonds is 2. The maximum atomic E-state index is 11.2. The molecule has 0 N–H and O–H groups in total. The number of ketones is 1. The van der Waals surface area contributed by atoms with E-state index in [1.807, 2.05) is 13.0 Å². The zero-order valence-electron chi connectivity index (χ0n) is 8.77. The summed E-state index contributed by atoms with van der Waals surface area (Å²) in [5.41, 5.74) is 4.58. The summed E-state index contributed by atoms with van der Waals surface area (Å²) in [7, 11) is 0. The molecule has 0 bridgehead atoms. The molecule has 0 fully saturated rings. The van der Waals surface area contributed by atoms with E-state index in [2.05, 4.69) is 19.9 Å². The average molecular weight is 176 g/mol. The molecule has 0 atom stereocenters. The summed E-state index contributed by atoms with van der Waals surface area (Å²) in [6.07, 6.45) is 1.03. The Morgan fingerprint density at radius 2 is 1.85 bits per heavy atom. The van der Waals surface area contributed by atoms with E-state index in [4.69, 9.17) is 0 Å². The smallest absolute Gasteiger partial charge is 0.160 e. The molecule has 0 aliphatic rings. The molecule has 1 aromatic carbocycles. The molecule has 0 heterocycles. The van der Waals surface area contributed by atoms with Gasteiger partial charge >= 0.3 is 0 Å². The van der Waals surface area contributed by atoms with Gasteiger partial charge in [0.15, 0.2) is 5.78 Å². The highest BCUT2D eigenvalue weighted by Gasteiger charge is 2.07. The molecular formula is C12H16O. The van der Waals surface area contributed by atoms with Crippen LogP contribution in [0.2, 0.25) is 0 Å². The van der Waals surface area contributed by atoms with Gasteiger partial charge in [-0.2, -0.15) is 0 Å². The van der Waals surface area contributed by atoms with Crippen LogP contribution >= 0.6 is 0 Å². The molecule has 1 rings (SSSR count). The van der Waals surface area contributed by atoms with Gasteiger partial charge in [0.2, 0.25) is 0 Å². The van der Waals surface area contributed by atoms with Crippen LogP contribution in [0, 0.1) is 13.8 Å². The molecule has 0 aliphatic heterocycles. The fourth-order valence-electron chi connectivity index (χ4n) is 1.64. The van der Waals surface area contributed by atoms with Crippen molar-refractivity contribution in [2.24, 2.45) is 0 Å². The average Bonchev–Trinajstić information content (AvgIpc) is 2.09. The summed E-state index contributed by atoms with van der Waals surface area (Å²) in [4.78, 5) is 11.2. The molecule has 0 spiro atoms. The maximum absolute atomic E-state index is 11.2. The number of carbonyl (C=O) groups is 1. The van der Waals surface area contributed by atoms with E-state index in [9.17, 15) is 4.79 Å². The zero-order valence-corrected chi connectivity index (χ0v) is 8.77. The third-order valence-corrected chi connectivity index (χ3v) is 2.66. The van der Waals surface area contributed by atoms with Crippen molar-refractivity contribution >= 4 is 5.78 Å². The van der Waals surface area contributed by atoms with Gasteiger partial charge in [0.05, 0.1) is 0 Å². The lowest BCUT2D eigenvalue weighted by Gasteiger charge is -2.09. The van der Waals surface area contributed by atoms with Crippen LogP contribution in [0.5, 0.6) is 0 Å². The Labute approximate surface area is 79.8 Å². The predicted molar refractivity (Wildman–Crippen MR) is 55.3 cm³/mol. The number of Topliss-reactive ketones (excluding diaryl/α,β-unsaturated/α-hetero) is 1. The minimum Gasteiger partial charge on any atom is -0.295 e. The lowest BCUT2D eigenvalue weighted by molar-refractivity contribution is 0.101. The van der Waals surface area contributed by atoms with Crippen molar-refractivity contribution in [2.75, 3.05) is 0 Å². The van der Waals surface area contributed by atoms with Crippen molar-refractivity contribution in [3.8, 4) is 0 Å². The van der Waals surface area contributed by atoms with Crippen molar-refractivity contribution in [3.05, 3.63) is 34.4 Å². The highest BCUT2D eigenvalue weighted by atomic mass is 16.1. The third-order valence-electron chi connectivity index (χ3n) is 2.66. The van der Waals surface area contributed by atoms with Gasteiger partial charge in [-0.1, -0.05) is 19.1 Å². The van der Waals surface area contributed by atoms with Gasteiger partial charge in [-0.3, -0.25) is 4.79 Å². The minimum absolute atomic E-state index is 0.156. The first-order chi connectivity index (χ1) is 6.07. The normalized spacial score (nSPS) is 10.2. The Morgan fingerprint density at radius 1 is 1.23 bits per heavy atom. The van der Waals surface area contributed by atoms with Gasteiger partial charge in [-0.25, -0.2) is 0 Å². The molecular weight excluding hydrogens is 160 g/mol. The van der Waals surface area contributed by atoms with Crippen LogP contribution in [0.25, 0.3) is 0 Å². The lowest BCUT2D eigenvalue weighted by Crippen LogP contribution is -2.00. The van der Waals surface area contributed by atoms with E-state index in [1.54, 1.807) is 6.92 Å². The third kappa shape index (κ3) is 1.80. The first-order valence-electron chi connectivity index (χ1n) is 4.68. The number of carbonyl (C=O) groups excluding carboxylic acids is 1. The zero-order chi connectivity index (χ0) is 10.0. The van der Waals surface area contributed by atoms with Crippen LogP contribution in [0.15, 0.2) is 12.1 Å². The van der Waals surface area contributed by atoms with Crippen LogP contribution < -0.4 is 0 Å².